The minimum atomic E-state index is -1.10. The van der Waals surface area contributed by atoms with E-state index in [4.69, 9.17) is 49.4 Å². The molecule has 142 valence electrons. The third-order valence-corrected chi connectivity index (χ3v) is 3.75. The van der Waals surface area contributed by atoms with Crippen LogP contribution in [0, 0.1) is 0 Å². The zero-order valence-corrected chi connectivity index (χ0v) is 15.9. The lowest BCUT2D eigenvalue weighted by atomic mass is 10.2. The number of ether oxygens (including phenoxy) is 2. The normalized spacial score (nSPS) is 10.6. The first-order valence-corrected chi connectivity index (χ1v) is 8.53. The molecule has 0 saturated heterocycles. The Morgan fingerprint density at radius 2 is 1.74 bits per heavy atom. The molecule has 0 unspecified atom stereocenters. The maximum absolute atomic E-state index is 11.8. The molecule has 0 aliphatic rings. The highest BCUT2D eigenvalue weighted by atomic mass is 35.5. The molecule has 0 spiro atoms. The van der Waals surface area contributed by atoms with Gasteiger partial charge in [0.05, 0.1) is 16.3 Å². The van der Waals surface area contributed by atoms with Crippen molar-refractivity contribution in [1.29, 1.82) is 0 Å². The highest BCUT2D eigenvalue weighted by molar-refractivity contribution is 6.40. The molecule has 2 rings (SSSR count). The molecule has 2 aromatic rings. The highest BCUT2D eigenvalue weighted by Gasteiger charge is 2.11. The van der Waals surface area contributed by atoms with Crippen LogP contribution in [-0.2, 0) is 9.59 Å². The number of hydrazone groups is 1. The Morgan fingerprint density at radius 3 is 2.41 bits per heavy atom. The number of carbonyl (C=O) groups is 2. The summed E-state index contributed by atoms with van der Waals surface area (Å²) in [6, 6.07) is 9.50. The molecule has 0 aliphatic heterocycles. The second-order valence-corrected chi connectivity index (χ2v) is 6.25. The fourth-order valence-corrected chi connectivity index (χ4v) is 2.79. The molecule has 0 aliphatic carbocycles. The van der Waals surface area contributed by atoms with Crippen LogP contribution in [0.1, 0.15) is 5.56 Å². The van der Waals surface area contributed by atoms with Crippen molar-refractivity contribution in [2.45, 2.75) is 0 Å². The minimum absolute atomic E-state index is 0.134. The molecule has 0 saturated carbocycles. The molecule has 27 heavy (non-hydrogen) atoms. The summed E-state index contributed by atoms with van der Waals surface area (Å²) in [5, 5.41) is 13.1. The number of nitrogens with zero attached hydrogens (tertiary/aromatic N) is 1. The molecule has 0 fully saturated rings. The molecule has 0 heterocycles. The lowest BCUT2D eigenvalue weighted by molar-refractivity contribution is -0.139. The van der Waals surface area contributed by atoms with Gasteiger partial charge in [0.2, 0.25) is 0 Å². The number of rotatable bonds is 8. The van der Waals surface area contributed by atoms with Crippen molar-refractivity contribution in [2.24, 2.45) is 5.10 Å². The van der Waals surface area contributed by atoms with E-state index in [9.17, 15) is 9.59 Å². The molecule has 0 atom stereocenters. The molecular weight excluding hydrogens is 419 g/mol. The van der Waals surface area contributed by atoms with E-state index in [1.165, 1.54) is 18.3 Å². The van der Waals surface area contributed by atoms with Crippen molar-refractivity contribution in [3.63, 3.8) is 0 Å². The topological polar surface area (TPSA) is 97.2 Å². The van der Waals surface area contributed by atoms with Crippen molar-refractivity contribution < 1.29 is 24.2 Å². The molecule has 1 amide bonds. The van der Waals surface area contributed by atoms with Crippen molar-refractivity contribution in [3.8, 4) is 11.5 Å². The average Bonchev–Trinajstić information content (AvgIpc) is 2.60. The lowest BCUT2D eigenvalue weighted by Crippen LogP contribution is -2.24. The molecule has 0 aromatic heterocycles. The van der Waals surface area contributed by atoms with Gasteiger partial charge in [0, 0.05) is 10.6 Å². The van der Waals surface area contributed by atoms with Crippen LogP contribution in [0.25, 0.3) is 0 Å². The van der Waals surface area contributed by atoms with Crippen LogP contribution >= 0.6 is 34.8 Å². The van der Waals surface area contributed by atoms with Gasteiger partial charge in [0.15, 0.2) is 19.0 Å². The monoisotopic (exact) mass is 430 g/mol. The van der Waals surface area contributed by atoms with Gasteiger partial charge < -0.3 is 14.6 Å². The standard InChI is InChI=1S/C17H13Cl3N2O5/c18-11-5-12(19)17(13(20)6-11)27-8-15(23)22-21-7-10-3-1-2-4-14(10)26-9-16(24)25/h1-7H,8-9H2,(H,22,23)(H,24,25). The van der Waals surface area contributed by atoms with Gasteiger partial charge in [0.25, 0.3) is 5.91 Å². The van der Waals surface area contributed by atoms with E-state index in [1.807, 2.05) is 0 Å². The van der Waals surface area contributed by atoms with Crippen molar-refractivity contribution in [1.82, 2.24) is 5.43 Å². The van der Waals surface area contributed by atoms with Crippen molar-refractivity contribution >= 4 is 52.9 Å². The van der Waals surface area contributed by atoms with Crippen LogP contribution in [0.3, 0.4) is 0 Å². The number of hydrogen-bond acceptors (Lipinski definition) is 5. The average molecular weight is 432 g/mol. The second-order valence-electron chi connectivity index (χ2n) is 5.00. The molecule has 0 bridgehead atoms. The van der Waals surface area contributed by atoms with Crippen molar-refractivity contribution in [3.05, 3.63) is 57.0 Å². The second kappa shape index (κ2) is 10.0. The van der Waals surface area contributed by atoms with Gasteiger partial charge in [-0.15, -0.1) is 0 Å². The quantitative estimate of drug-likeness (QED) is 0.491. The van der Waals surface area contributed by atoms with Crippen LogP contribution in [0.5, 0.6) is 11.5 Å². The van der Waals surface area contributed by atoms with E-state index in [2.05, 4.69) is 10.5 Å². The predicted octanol–water partition coefficient (Wildman–Crippen LogP) is 3.64. The Labute approximate surface area is 169 Å². The van der Waals surface area contributed by atoms with Crippen LogP contribution in [0.2, 0.25) is 15.1 Å². The van der Waals surface area contributed by atoms with E-state index in [1.54, 1.807) is 24.3 Å². The Hall–Kier alpha value is -2.48. The summed E-state index contributed by atoms with van der Waals surface area (Å²) >= 11 is 17.7. The summed E-state index contributed by atoms with van der Waals surface area (Å²) in [6.45, 7) is -0.872. The number of nitrogens with one attached hydrogen (secondary N) is 1. The first kappa shape index (κ1) is 20.8. The highest BCUT2D eigenvalue weighted by Crippen LogP contribution is 2.35. The number of aliphatic carboxylic acids is 1. The van der Waals surface area contributed by atoms with Gasteiger partial charge in [-0.25, -0.2) is 10.2 Å². The fourth-order valence-electron chi connectivity index (χ4n) is 1.87. The number of hydrogen-bond donors (Lipinski definition) is 2. The number of para-hydroxylation sites is 1. The zero-order valence-electron chi connectivity index (χ0n) is 13.6. The lowest BCUT2D eigenvalue weighted by Gasteiger charge is -2.09. The Morgan fingerprint density at radius 1 is 1.07 bits per heavy atom. The zero-order chi connectivity index (χ0) is 19.8. The Bertz CT molecular complexity index is 850. The van der Waals surface area contributed by atoms with Gasteiger partial charge >= 0.3 is 5.97 Å². The number of carbonyl (C=O) groups excluding carboxylic acids is 1. The molecule has 0 radical (unpaired) electrons. The van der Waals surface area contributed by atoms with Crippen LogP contribution in [0.4, 0.5) is 0 Å². The summed E-state index contributed by atoms with van der Waals surface area (Å²) < 4.78 is 10.4. The number of carboxylic acids is 1. The van der Waals surface area contributed by atoms with Crippen LogP contribution < -0.4 is 14.9 Å². The summed E-state index contributed by atoms with van der Waals surface area (Å²) in [6.07, 6.45) is 1.32. The fraction of sp³-hybridized carbons (Fsp3) is 0.118. The molecule has 10 heteroatoms. The Kier molecular flexibility index (Phi) is 7.72. The minimum Gasteiger partial charge on any atom is -0.481 e. The van der Waals surface area contributed by atoms with Crippen molar-refractivity contribution in [2.75, 3.05) is 13.2 Å². The van der Waals surface area contributed by atoms with E-state index in [0.29, 0.717) is 16.3 Å². The first-order valence-electron chi connectivity index (χ1n) is 7.39. The molecule has 2 N–H and O–H groups in total. The predicted molar refractivity (Wildman–Crippen MR) is 102 cm³/mol. The summed E-state index contributed by atoms with van der Waals surface area (Å²) in [7, 11) is 0. The van der Waals surface area contributed by atoms with Gasteiger partial charge in [-0.1, -0.05) is 46.9 Å². The van der Waals surface area contributed by atoms with E-state index >= 15 is 0 Å². The van der Waals surface area contributed by atoms with E-state index in [-0.39, 0.29) is 22.4 Å². The SMILES string of the molecule is O=C(O)COc1ccccc1C=NNC(=O)COc1c(Cl)cc(Cl)cc1Cl. The van der Waals surface area contributed by atoms with E-state index in [0.717, 1.165) is 0 Å². The van der Waals surface area contributed by atoms with Gasteiger partial charge in [0.1, 0.15) is 5.75 Å². The maximum atomic E-state index is 11.8. The third-order valence-electron chi connectivity index (χ3n) is 2.97. The van der Waals surface area contributed by atoms with Gasteiger partial charge in [-0.05, 0) is 24.3 Å². The number of amides is 1. The summed E-state index contributed by atoms with van der Waals surface area (Å²) in [4.78, 5) is 22.4. The van der Waals surface area contributed by atoms with E-state index < -0.39 is 18.5 Å². The molecule has 2 aromatic carbocycles. The molecule has 7 nitrogen and oxygen atoms in total. The summed E-state index contributed by atoms with van der Waals surface area (Å²) in [5.74, 6) is -1.22. The Balaban J connectivity index is 1.92. The summed E-state index contributed by atoms with van der Waals surface area (Å²) in [5.41, 5.74) is 2.75. The van der Waals surface area contributed by atoms with Crippen LogP contribution in [0.15, 0.2) is 41.5 Å². The smallest absolute Gasteiger partial charge is 0.341 e. The largest absolute Gasteiger partial charge is 0.481 e. The van der Waals surface area contributed by atoms with Gasteiger partial charge in [-0.3, -0.25) is 4.79 Å². The third kappa shape index (κ3) is 6.63. The number of halogens is 3. The van der Waals surface area contributed by atoms with Crippen LogP contribution in [-0.4, -0.2) is 36.4 Å². The molecular formula is C17H13Cl3N2O5. The maximum Gasteiger partial charge on any atom is 0.341 e. The first-order chi connectivity index (χ1) is 12.9. The number of benzene rings is 2. The van der Waals surface area contributed by atoms with Gasteiger partial charge in [-0.2, -0.15) is 5.10 Å². The number of carboxylic acid groups (broad SMARTS) is 1.